The van der Waals surface area contributed by atoms with Crippen LogP contribution in [-0.4, -0.2) is 29.3 Å². The Balaban J connectivity index is 2.09. The van der Waals surface area contributed by atoms with E-state index in [0.29, 0.717) is 10.1 Å². The Labute approximate surface area is 133 Å². The molecule has 0 spiro atoms. The van der Waals surface area contributed by atoms with Gasteiger partial charge in [-0.15, -0.1) is 10.2 Å². The number of aromatic nitrogens is 2. The molecular formula is C15H20N4O2S. The summed E-state index contributed by atoms with van der Waals surface area (Å²) in [4.78, 5) is 12.0. The third kappa shape index (κ3) is 3.80. The van der Waals surface area contributed by atoms with Crippen LogP contribution in [0.1, 0.15) is 20.3 Å². The minimum Gasteiger partial charge on any atom is -0.497 e. The van der Waals surface area contributed by atoms with E-state index in [1.54, 1.807) is 7.11 Å². The third-order valence-corrected chi connectivity index (χ3v) is 4.42. The molecular weight excluding hydrogens is 300 g/mol. The minimum atomic E-state index is -0.547. The van der Waals surface area contributed by atoms with Gasteiger partial charge in [-0.1, -0.05) is 43.7 Å². The van der Waals surface area contributed by atoms with E-state index in [4.69, 9.17) is 10.5 Å². The Hall–Kier alpha value is -1.99. The molecule has 2 rings (SSSR count). The van der Waals surface area contributed by atoms with Crippen LogP contribution in [0.2, 0.25) is 0 Å². The Kier molecular flexibility index (Phi) is 5.46. The van der Waals surface area contributed by atoms with E-state index >= 15 is 0 Å². The highest BCUT2D eigenvalue weighted by Crippen LogP contribution is 2.28. The number of rotatable bonds is 6. The molecule has 2 aromatic rings. The zero-order valence-corrected chi connectivity index (χ0v) is 13.7. The zero-order valence-electron chi connectivity index (χ0n) is 12.9. The first kappa shape index (κ1) is 16.4. The molecule has 0 unspecified atom stereocenters. The van der Waals surface area contributed by atoms with Crippen LogP contribution in [0.5, 0.6) is 5.75 Å². The van der Waals surface area contributed by atoms with Crippen molar-refractivity contribution in [1.82, 2.24) is 10.2 Å². The van der Waals surface area contributed by atoms with Crippen molar-refractivity contribution in [3.8, 4) is 16.3 Å². The lowest BCUT2D eigenvalue weighted by Crippen LogP contribution is -2.40. The van der Waals surface area contributed by atoms with Gasteiger partial charge in [0.25, 0.3) is 0 Å². The van der Waals surface area contributed by atoms with Gasteiger partial charge in [-0.05, 0) is 18.1 Å². The Morgan fingerprint density at radius 2 is 2.23 bits per heavy atom. The van der Waals surface area contributed by atoms with Crippen molar-refractivity contribution in [3.63, 3.8) is 0 Å². The molecule has 0 aliphatic heterocycles. The maximum atomic E-state index is 12.0. The molecule has 3 N–H and O–H groups in total. The van der Waals surface area contributed by atoms with Crippen LogP contribution in [-0.2, 0) is 4.79 Å². The summed E-state index contributed by atoms with van der Waals surface area (Å²) in [7, 11) is 1.61. The molecule has 0 radical (unpaired) electrons. The lowest BCUT2D eigenvalue weighted by molar-refractivity contribution is -0.118. The van der Waals surface area contributed by atoms with Crippen molar-refractivity contribution in [2.75, 3.05) is 12.4 Å². The number of carbonyl (C=O) groups excluding carboxylic acids is 1. The second-order valence-electron chi connectivity index (χ2n) is 5.04. The molecule has 0 aliphatic carbocycles. The molecule has 6 nitrogen and oxygen atoms in total. The topological polar surface area (TPSA) is 90.1 Å². The van der Waals surface area contributed by atoms with Crippen LogP contribution in [0.3, 0.4) is 0 Å². The van der Waals surface area contributed by atoms with E-state index in [0.717, 1.165) is 17.7 Å². The predicted molar refractivity (Wildman–Crippen MR) is 88.0 cm³/mol. The van der Waals surface area contributed by atoms with Crippen molar-refractivity contribution in [3.05, 3.63) is 24.3 Å². The number of benzene rings is 1. The van der Waals surface area contributed by atoms with Crippen LogP contribution >= 0.6 is 11.3 Å². The molecule has 118 valence electrons. The summed E-state index contributed by atoms with van der Waals surface area (Å²) in [5.74, 6) is 0.630. The number of methoxy groups -OCH3 is 1. The highest BCUT2D eigenvalue weighted by atomic mass is 32.1. The summed E-state index contributed by atoms with van der Waals surface area (Å²) in [6.45, 7) is 3.95. The number of nitrogens with zero attached hydrogens (tertiary/aromatic N) is 2. The predicted octanol–water partition coefficient (Wildman–Crippen LogP) is 2.53. The fourth-order valence-electron chi connectivity index (χ4n) is 1.85. The van der Waals surface area contributed by atoms with Gasteiger partial charge in [-0.25, -0.2) is 0 Å². The molecule has 1 heterocycles. The van der Waals surface area contributed by atoms with Crippen molar-refractivity contribution >= 4 is 22.4 Å². The summed E-state index contributed by atoms with van der Waals surface area (Å²) < 4.78 is 5.19. The van der Waals surface area contributed by atoms with Crippen LogP contribution in [0.15, 0.2) is 24.3 Å². The number of nitrogens with two attached hydrogens (primary N) is 1. The maximum absolute atomic E-state index is 12.0. The highest BCUT2D eigenvalue weighted by molar-refractivity contribution is 7.18. The maximum Gasteiger partial charge on any atom is 0.243 e. The Bertz CT molecular complexity index is 644. The van der Waals surface area contributed by atoms with Gasteiger partial charge >= 0.3 is 0 Å². The first-order valence-corrected chi connectivity index (χ1v) is 7.91. The lowest BCUT2D eigenvalue weighted by atomic mass is 10.00. The van der Waals surface area contributed by atoms with Gasteiger partial charge in [-0.3, -0.25) is 10.1 Å². The zero-order chi connectivity index (χ0) is 16.1. The third-order valence-electron chi connectivity index (χ3n) is 3.53. The molecule has 7 heteroatoms. The van der Waals surface area contributed by atoms with E-state index < -0.39 is 6.04 Å². The molecule has 0 fully saturated rings. The smallest absolute Gasteiger partial charge is 0.243 e. The minimum absolute atomic E-state index is 0.116. The van der Waals surface area contributed by atoms with Crippen LogP contribution in [0.25, 0.3) is 10.6 Å². The Morgan fingerprint density at radius 1 is 1.45 bits per heavy atom. The van der Waals surface area contributed by atoms with Gasteiger partial charge in [-0.2, -0.15) is 0 Å². The van der Waals surface area contributed by atoms with Gasteiger partial charge in [0.05, 0.1) is 13.2 Å². The summed E-state index contributed by atoms with van der Waals surface area (Å²) in [5.41, 5.74) is 6.79. The monoisotopic (exact) mass is 320 g/mol. The summed E-state index contributed by atoms with van der Waals surface area (Å²) in [6.07, 6.45) is 0.847. The van der Waals surface area contributed by atoms with Crippen molar-refractivity contribution in [2.24, 2.45) is 11.7 Å². The van der Waals surface area contributed by atoms with Crippen LogP contribution < -0.4 is 15.8 Å². The fraction of sp³-hybridized carbons (Fsp3) is 0.400. The Morgan fingerprint density at radius 3 is 2.91 bits per heavy atom. The summed E-state index contributed by atoms with van der Waals surface area (Å²) >= 11 is 1.30. The average molecular weight is 320 g/mol. The number of anilines is 1. The van der Waals surface area contributed by atoms with E-state index in [9.17, 15) is 4.79 Å². The van der Waals surface area contributed by atoms with Crippen LogP contribution in [0, 0.1) is 5.92 Å². The van der Waals surface area contributed by atoms with E-state index in [1.165, 1.54) is 11.3 Å². The number of carbonyl (C=O) groups is 1. The summed E-state index contributed by atoms with van der Waals surface area (Å²) in [6, 6.07) is 6.98. The lowest BCUT2D eigenvalue weighted by Gasteiger charge is -2.16. The molecule has 0 saturated heterocycles. The normalized spacial score (nSPS) is 13.5. The number of hydrogen-bond donors (Lipinski definition) is 2. The van der Waals surface area contributed by atoms with Crippen molar-refractivity contribution in [2.45, 2.75) is 26.3 Å². The molecule has 22 heavy (non-hydrogen) atoms. The van der Waals surface area contributed by atoms with Crippen molar-refractivity contribution in [1.29, 1.82) is 0 Å². The van der Waals surface area contributed by atoms with E-state index in [-0.39, 0.29) is 11.8 Å². The molecule has 1 aromatic carbocycles. The quantitative estimate of drug-likeness (QED) is 0.853. The largest absolute Gasteiger partial charge is 0.497 e. The number of ether oxygens (including phenoxy) is 1. The molecule has 2 atom stereocenters. The average Bonchev–Trinajstić information content (AvgIpc) is 3.01. The molecule has 0 aliphatic rings. The standard InChI is InChI=1S/C15H20N4O2S/c1-4-9(2)12(16)13(20)17-15-19-18-14(22-15)10-6-5-7-11(8-10)21-3/h5-9,12H,4,16H2,1-3H3,(H,17,19,20)/t9-,12-/m0/s1. The number of amides is 1. The first-order chi connectivity index (χ1) is 10.5. The second-order valence-corrected chi connectivity index (χ2v) is 6.02. The van der Waals surface area contributed by atoms with Gasteiger partial charge in [0.1, 0.15) is 10.8 Å². The second kappa shape index (κ2) is 7.33. The van der Waals surface area contributed by atoms with E-state index in [1.807, 2.05) is 38.1 Å². The van der Waals surface area contributed by atoms with Gasteiger partial charge in [0.2, 0.25) is 11.0 Å². The van der Waals surface area contributed by atoms with Gasteiger partial charge < -0.3 is 10.5 Å². The van der Waals surface area contributed by atoms with Crippen molar-refractivity contribution < 1.29 is 9.53 Å². The van der Waals surface area contributed by atoms with Gasteiger partial charge in [0.15, 0.2) is 0 Å². The first-order valence-electron chi connectivity index (χ1n) is 7.09. The highest BCUT2D eigenvalue weighted by Gasteiger charge is 2.20. The van der Waals surface area contributed by atoms with Gasteiger partial charge in [0, 0.05) is 5.56 Å². The number of nitrogens with one attached hydrogen (secondary N) is 1. The molecule has 1 amide bonds. The SMILES string of the molecule is CC[C@H](C)[C@H](N)C(=O)Nc1nnc(-c2cccc(OC)c2)s1. The molecule has 0 saturated carbocycles. The molecule has 0 bridgehead atoms. The fourth-order valence-corrected chi connectivity index (χ4v) is 2.59. The molecule has 1 aromatic heterocycles. The summed E-state index contributed by atoms with van der Waals surface area (Å²) in [5, 5.41) is 12.0. The van der Waals surface area contributed by atoms with E-state index in [2.05, 4.69) is 15.5 Å². The van der Waals surface area contributed by atoms with Crippen LogP contribution in [0.4, 0.5) is 5.13 Å². The number of hydrogen-bond acceptors (Lipinski definition) is 6.